The summed E-state index contributed by atoms with van der Waals surface area (Å²) in [6.07, 6.45) is 1.79. The molecular weight excluding hydrogens is 501 g/mol. The molecule has 0 aliphatic rings. The fourth-order valence-electron chi connectivity index (χ4n) is 3.47. The summed E-state index contributed by atoms with van der Waals surface area (Å²) in [5, 5.41) is 23.2. The second-order valence-electron chi connectivity index (χ2n) is 7.30. The van der Waals surface area contributed by atoms with Crippen LogP contribution in [0.25, 0.3) is 21.5 Å². The number of phenols is 2. The number of nitrogens with zero attached hydrogens (tertiary/aromatic N) is 1. The third-order valence-electron chi connectivity index (χ3n) is 5.02. The van der Waals surface area contributed by atoms with Crippen LogP contribution in [0.15, 0.2) is 97.2 Å². The number of aromatic hydroxyl groups is 2. The van der Waals surface area contributed by atoms with Gasteiger partial charge in [0.1, 0.15) is 11.5 Å². The molecule has 0 bridgehead atoms. The van der Waals surface area contributed by atoms with Gasteiger partial charge in [-0.2, -0.15) is 0 Å². The second-order valence-corrected chi connectivity index (χ2v) is 7.75. The average Bonchev–Trinajstić information content (AvgIpc) is 2.81. The SMILES string of the molecule is Cc1cccc2cccc(O)c12.Cc1cccc2cccc(O)c12.[Cl-].[Cl-].[Ti]=[CH]c1ccccn1. The number of fused-ring (bicyclic) bond motifs is 2. The quantitative estimate of drug-likeness (QED) is 0.313. The molecule has 34 heavy (non-hydrogen) atoms. The number of rotatable bonds is 1. The number of hydrogen-bond acceptors (Lipinski definition) is 3. The summed E-state index contributed by atoms with van der Waals surface area (Å²) < 4.78 is 1.97. The van der Waals surface area contributed by atoms with Crippen molar-refractivity contribution in [2.24, 2.45) is 0 Å². The van der Waals surface area contributed by atoms with Crippen molar-refractivity contribution in [1.82, 2.24) is 4.98 Å². The first kappa shape index (κ1) is 29.3. The molecule has 0 amide bonds. The molecule has 0 saturated carbocycles. The van der Waals surface area contributed by atoms with Gasteiger partial charge in [-0.1, -0.05) is 60.7 Å². The molecular formula is C28H25Cl2NO2Ti-2. The number of pyridine rings is 1. The van der Waals surface area contributed by atoms with Gasteiger partial charge >= 0.3 is 59.4 Å². The molecule has 174 valence electrons. The number of hydrogen-bond donors (Lipinski definition) is 2. The minimum atomic E-state index is 0. The van der Waals surface area contributed by atoms with E-state index in [1.165, 1.54) is 0 Å². The Labute approximate surface area is 224 Å². The molecule has 0 aliphatic carbocycles. The molecule has 2 N–H and O–H groups in total. The molecule has 5 aromatic rings. The van der Waals surface area contributed by atoms with Gasteiger partial charge in [0.15, 0.2) is 0 Å². The zero-order valence-corrected chi connectivity index (χ0v) is 22.0. The van der Waals surface area contributed by atoms with Gasteiger partial charge in [-0.15, -0.1) is 0 Å². The van der Waals surface area contributed by atoms with Crippen LogP contribution in [-0.4, -0.2) is 19.5 Å². The molecule has 0 unspecified atom stereocenters. The van der Waals surface area contributed by atoms with Crippen molar-refractivity contribution in [1.29, 1.82) is 0 Å². The maximum absolute atomic E-state index is 9.55. The van der Waals surface area contributed by atoms with E-state index in [1.54, 1.807) is 18.3 Å². The summed E-state index contributed by atoms with van der Waals surface area (Å²) in [4.78, 5) is 4.04. The van der Waals surface area contributed by atoms with E-state index in [1.807, 2.05) is 117 Å². The summed E-state index contributed by atoms with van der Waals surface area (Å²) in [7, 11) is 0. The van der Waals surface area contributed by atoms with Gasteiger partial charge in [0.25, 0.3) is 0 Å². The summed E-state index contributed by atoms with van der Waals surface area (Å²) in [5.41, 5.74) is 3.27. The molecule has 0 atom stereocenters. The molecule has 0 fully saturated rings. The van der Waals surface area contributed by atoms with E-state index in [9.17, 15) is 10.2 Å². The molecule has 6 heteroatoms. The molecule has 1 aromatic heterocycles. The Hall–Kier alpha value is -2.69. The monoisotopic (exact) mass is 525 g/mol. The van der Waals surface area contributed by atoms with Crippen molar-refractivity contribution < 1.29 is 55.0 Å². The van der Waals surface area contributed by atoms with Crippen molar-refractivity contribution in [2.75, 3.05) is 0 Å². The van der Waals surface area contributed by atoms with Gasteiger partial charge < -0.3 is 35.0 Å². The molecule has 0 spiro atoms. The predicted octanol–water partition coefficient (Wildman–Crippen LogP) is 0.494. The van der Waals surface area contributed by atoms with E-state index >= 15 is 0 Å². The molecule has 3 nitrogen and oxygen atoms in total. The zero-order valence-electron chi connectivity index (χ0n) is 18.9. The van der Waals surface area contributed by atoms with Crippen LogP contribution in [0.4, 0.5) is 0 Å². The zero-order chi connectivity index (χ0) is 22.9. The number of aromatic nitrogens is 1. The Balaban J connectivity index is 0.000000253. The van der Waals surface area contributed by atoms with Crippen LogP contribution >= 0.6 is 0 Å². The first-order valence-corrected chi connectivity index (χ1v) is 11.2. The predicted molar refractivity (Wildman–Crippen MR) is 130 cm³/mol. The van der Waals surface area contributed by atoms with Crippen molar-refractivity contribution in [2.45, 2.75) is 13.8 Å². The molecule has 4 aromatic carbocycles. The van der Waals surface area contributed by atoms with Gasteiger partial charge in [0.05, 0.1) is 0 Å². The first-order valence-electron chi connectivity index (χ1n) is 10.3. The van der Waals surface area contributed by atoms with Crippen LogP contribution in [0.5, 0.6) is 11.5 Å². The van der Waals surface area contributed by atoms with Crippen molar-refractivity contribution in [3.63, 3.8) is 0 Å². The number of phenolic OH excluding ortho intramolecular Hbond substituents is 2. The first-order chi connectivity index (χ1) is 15.5. The number of benzene rings is 4. The van der Waals surface area contributed by atoms with E-state index in [4.69, 9.17) is 0 Å². The normalized spacial score (nSPS) is 9.32. The maximum atomic E-state index is 9.55. The molecule has 0 radical (unpaired) electrons. The fraction of sp³-hybridized carbons (Fsp3) is 0.0714. The van der Waals surface area contributed by atoms with E-state index in [2.05, 4.69) is 4.98 Å². The Morgan fingerprint density at radius 1 is 0.618 bits per heavy atom. The Bertz CT molecular complexity index is 1190. The van der Waals surface area contributed by atoms with Crippen LogP contribution in [0.3, 0.4) is 0 Å². The van der Waals surface area contributed by atoms with Gasteiger partial charge in [-0.25, -0.2) is 0 Å². The van der Waals surface area contributed by atoms with Gasteiger partial charge in [-0.3, -0.25) is 0 Å². The standard InChI is InChI=1S/2C11H10O.C6H5N.2ClH.Ti/c2*1-8-4-2-5-9-6-3-7-10(12)11(8)9;1-6-4-2-3-5-7-6;;;/h2*2-7,12H,1H3;1-5H;2*1H;/p-2. The Morgan fingerprint density at radius 2 is 1.06 bits per heavy atom. The topological polar surface area (TPSA) is 53.4 Å². The van der Waals surface area contributed by atoms with Gasteiger partial charge in [0, 0.05) is 10.8 Å². The second kappa shape index (κ2) is 14.5. The molecule has 0 aliphatic heterocycles. The van der Waals surface area contributed by atoms with E-state index in [-0.39, 0.29) is 24.8 Å². The van der Waals surface area contributed by atoms with Crippen LogP contribution in [0, 0.1) is 13.8 Å². The number of aryl methyl sites for hydroxylation is 2. The third-order valence-corrected chi connectivity index (χ3v) is 5.48. The van der Waals surface area contributed by atoms with E-state index < -0.39 is 0 Å². The van der Waals surface area contributed by atoms with Gasteiger partial charge in [0.2, 0.25) is 0 Å². The van der Waals surface area contributed by atoms with Crippen molar-refractivity contribution >= 4 is 25.9 Å². The Kier molecular flexibility index (Phi) is 12.6. The van der Waals surface area contributed by atoms with E-state index in [0.717, 1.165) is 38.4 Å². The van der Waals surface area contributed by atoms with Crippen LogP contribution in [0.2, 0.25) is 0 Å². The Morgan fingerprint density at radius 3 is 1.38 bits per heavy atom. The summed E-state index contributed by atoms with van der Waals surface area (Å²) in [6, 6.07) is 29.0. The summed E-state index contributed by atoms with van der Waals surface area (Å²) >= 11 is 1.97. The van der Waals surface area contributed by atoms with Crippen LogP contribution in [-0.2, 0) is 20.0 Å². The summed E-state index contributed by atoms with van der Waals surface area (Å²) in [6.45, 7) is 4.00. The van der Waals surface area contributed by atoms with Crippen LogP contribution < -0.4 is 24.8 Å². The summed E-state index contributed by atoms with van der Waals surface area (Å²) in [5.74, 6) is 0.733. The van der Waals surface area contributed by atoms with Crippen molar-refractivity contribution in [3.05, 3.63) is 114 Å². The number of halogens is 2. The molecule has 1 heterocycles. The third kappa shape index (κ3) is 7.68. The fourth-order valence-corrected chi connectivity index (χ4v) is 3.74. The minimum absolute atomic E-state index is 0. The average molecular weight is 526 g/mol. The van der Waals surface area contributed by atoms with E-state index in [0.29, 0.717) is 11.5 Å². The van der Waals surface area contributed by atoms with Crippen LogP contribution in [0.1, 0.15) is 16.8 Å². The molecule has 0 saturated heterocycles. The molecule has 5 rings (SSSR count). The van der Waals surface area contributed by atoms with Crippen molar-refractivity contribution in [3.8, 4) is 11.5 Å². The van der Waals surface area contributed by atoms with Gasteiger partial charge in [-0.05, 0) is 47.9 Å².